The van der Waals surface area contributed by atoms with Crippen LogP contribution < -0.4 is 5.32 Å². The first kappa shape index (κ1) is 4.47. The Hall–Kier alpha value is -0.530. The normalized spacial score (nSPS) is 6.60. The molecule has 32 valence electrons. The molecule has 2 heteroatoms. The summed E-state index contributed by atoms with van der Waals surface area (Å²) in [5.41, 5.74) is 0. The highest BCUT2D eigenvalue weighted by Gasteiger charge is 1.59. The van der Waals surface area contributed by atoms with E-state index < -0.39 is 0 Å². The van der Waals surface area contributed by atoms with Gasteiger partial charge in [0.1, 0.15) is 0 Å². The van der Waals surface area contributed by atoms with Gasteiger partial charge < -0.3 is 5.32 Å². The van der Waals surface area contributed by atoms with Crippen molar-refractivity contribution >= 4 is 6.41 Å². The van der Waals surface area contributed by atoms with Crippen LogP contribution in [-0.4, -0.2) is 13.0 Å². The Morgan fingerprint density at radius 3 is 2.80 bits per heavy atom. The second kappa shape index (κ2) is 3.47. The van der Waals surface area contributed by atoms with Gasteiger partial charge in [0.2, 0.25) is 6.41 Å². The maximum Gasteiger partial charge on any atom is 0.207 e. The molecular weight excluding hydrogens is 66.0 g/mol. The molecule has 5 heavy (non-hydrogen) atoms. The first-order valence-electron chi connectivity index (χ1n) is 1.59. The van der Waals surface area contributed by atoms with Crippen molar-refractivity contribution in [3.8, 4) is 0 Å². The van der Waals surface area contributed by atoms with Crippen LogP contribution in [0.25, 0.3) is 0 Å². The minimum absolute atomic E-state index is 0. The Labute approximate surface area is 32.7 Å². The molecule has 0 aliphatic carbocycles. The third kappa shape index (κ3) is 3.47. The molecule has 0 bridgehead atoms. The molecular formula is C3H9NO. The Bertz CT molecular complexity index is 32.0. The fraction of sp³-hybridized carbons (Fsp3) is 0.667. The van der Waals surface area contributed by atoms with E-state index in [-0.39, 0.29) is 1.43 Å². The van der Waals surface area contributed by atoms with Crippen molar-refractivity contribution < 1.29 is 6.22 Å². The van der Waals surface area contributed by atoms with Gasteiger partial charge in [-0.05, 0) is 6.92 Å². The SMILES string of the molecule is CCNC=O.[HH]. The maximum atomic E-state index is 9.29. The molecule has 0 aliphatic heterocycles. The molecule has 2 nitrogen and oxygen atoms in total. The summed E-state index contributed by atoms with van der Waals surface area (Å²) >= 11 is 0. The van der Waals surface area contributed by atoms with Crippen LogP contribution in [0.1, 0.15) is 8.35 Å². The third-order valence-electron chi connectivity index (χ3n) is 0.287. The van der Waals surface area contributed by atoms with Gasteiger partial charge in [-0.1, -0.05) is 0 Å². The maximum absolute atomic E-state index is 9.29. The number of rotatable bonds is 2. The molecule has 0 rings (SSSR count). The molecule has 0 fully saturated rings. The topological polar surface area (TPSA) is 29.1 Å². The molecule has 0 saturated carbocycles. The highest BCUT2D eigenvalue weighted by atomic mass is 16.1. The monoisotopic (exact) mass is 75.1 g/mol. The zero-order chi connectivity index (χ0) is 4.12. The number of hydrogen-bond acceptors (Lipinski definition) is 1. The van der Waals surface area contributed by atoms with Crippen LogP contribution in [0, 0.1) is 0 Å². The number of carbonyl (C=O) groups is 1. The number of carbonyl (C=O) groups excluding carboxylic acids is 1. The van der Waals surface area contributed by atoms with E-state index in [1.165, 1.54) is 0 Å². The van der Waals surface area contributed by atoms with E-state index in [0.717, 1.165) is 6.54 Å². The zero-order valence-corrected chi connectivity index (χ0v) is 3.19. The van der Waals surface area contributed by atoms with Crippen LogP contribution >= 0.6 is 0 Å². The molecule has 0 unspecified atom stereocenters. The molecule has 0 aromatic rings. The highest BCUT2D eigenvalue weighted by molar-refractivity contribution is 5.45. The van der Waals surface area contributed by atoms with Gasteiger partial charge in [0, 0.05) is 7.97 Å². The minimum atomic E-state index is 0. The molecule has 0 heterocycles. The quantitative estimate of drug-likeness (QED) is 0.460. The summed E-state index contributed by atoms with van der Waals surface area (Å²) in [5, 5.41) is 2.43. The van der Waals surface area contributed by atoms with Crippen LogP contribution in [0.5, 0.6) is 0 Å². The molecule has 1 amide bonds. The van der Waals surface area contributed by atoms with E-state index in [1.807, 2.05) is 6.92 Å². The van der Waals surface area contributed by atoms with Crippen LogP contribution in [-0.2, 0) is 4.79 Å². The Morgan fingerprint density at radius 2 is 2.80 bits per heavy atom. The predicted octanol–water partition coefficient (Wildman–Crippen LogP) is -0.00170. The summed E-state index contributed by atoms with van der Waals surface area (Å²) < 4.78 is 0. The largest absolute Gasteiger partial charge is 0.359 e. The zero-order valence-electron chi connectivity index (χ0n) is 3.19. The molecule has 0 atom stereocenters. The second-order valence-corrected chi connectivity index (χ2v) is 0.676. The lowest BCUT2D eigenvalue weighted by atomic mass is 10.8. The van der Waals surface area contributed by atoms with Crippen LogP contribution in [0.15, 0.2) is 0 Å². The molecule has 0 spiro atoms. The minimum Gasteiger partial charge on any atom is -0.359 e. The summed E-state index contributed by atoms with van der Waals surface area (Å²) in [7, 11) is 0. The summed E-state index contributed by atoms with van der Waals surface area (Å²) in [6.45, 7) is 2.60. The van der Waals surface area contributed by atoms with E-state index in [0.29, 0.717) is 6.41 Å². The van der Waals surface area contributed by atoms with Gasteiger partial charge >= 0.3 is 0 Å². The first-order chi connectivity index (χ1) is 2.41. The summed E-state index contributed by atoms with van der Waals surface area (Å²) in [4.78, 5) is 9.29. The molecule has 0 saturated heterocycles. The lowest BCUT2D eigenvalue weighted by molar-refractivity contribution is -0.109. The van der Waals surface area contributed by atoms with Crippen molar-refractivity contribution in [1.82, 2.24) is 5.32 Å². The molecule has 0 radical (unpaired) electrons. The molecule has 0 aromatic carbocycles. The van der Waals surface area contributed by atoms with Gasteiger partial charge in [-0.25, -0.2) is 0 Å². The van der Waals surface area contributed by atoms with Crippen molar-refractivity contribution in [3.63, 3.8) is 0 Å². The molecule has 1 N–H and O–H groups in total. The smallest absolute Gasteiger partial charge is 0.207 e. The Balaban J connectivity index is 0. The number of nitrogens with one attached hydrogen (secondary N) is 1. The van der Waals surface area contributed by atoms with Gasteiger partial charge in [0.15, 0.2) is 0 Å². The lowest BCUT2D eigenvalue weighted by Crippen LogP contribution is -2.07. The van der Waals surface area contributed by atoms with Gasteiger partial charge in [-0.3, -0.25) is 4.79 Å². The van der Waals surface area contributed by atoms with Crippen molar-refractivity contribution in [2.75, 3.05) is 6.54 Å². The number of amides is 1. The van der Waals surface area contributed by atoms with Crippen molar-refractivity contribution in [1.29, 1.82) is 0 Å². The van der Waals surface area contributed by atoms with Gasteiger partial charge in [-0.2, -0.15) is 0 Å². The van der Waals surface area contributed by atoms with Crippen LogP contribution in [0.3, 0.4) is 0 Å². The average molecular weight is 75.1 g/mol. The first-order valence-corrected chi connectivity index (χ1v) is 1.59. The molecule has 0 aliphatic rings. The average Bonchev–Trinajstić information content (AvgIpc) is 1.41. The third-order valence-corrected chi connectivity index (χ3v) is 0.287. The van der Waals surface area contributed by atoms with E-state index in [4.69, 9.17) is 0 Å². The van der Waals surface area contributed by atoms with Gasteiger partial charge in [-0.15, -0.1) is 0 Å². The Kier molecular flexibility index (Phi) is 3.10. The van der Waals surface area contributed by atoms with Crippen LogP contribution in [0.4, 0.5) is 0 Å². The van der Waals surface area contributed by atoms with Crippen molar-refractivity contribution in [2.24, 2.45) is 0 Å². The fourth-order valence-corrected chi connectivity index (χ4v) is 0.0833. The van der Waals surface area contributed by atoms with Gasteiger partial charge in [0.05, 0.1) is 0 Å². The number of hydrogen-bond donors (Lipinski definition) is 1. The van der Waals surface area contributed by atoms with Crippen molar-refractivity contribution in [3.05, 3.63) is 0 Å². The van der Waals surface area contributed by atoms with E-state index in [2.05, 4.69) is 5.32 Å². The van der Waals surface area contributed by atoms with Crippen LogP contribution in [0.2, 0.25) is 0 Å². The van der Waals surface area contributed by atoms with E-state index >= 15 is 0 Å². The van der Waals surface area contributed by atoms with Gasteiger partial charge in [0.25, 0.3) is 0 Å². The summed E-state index contributed by atoms with van der Waals surface area (Å²) in [6.07, 6.45) is 0.681. The van der Waals surface area contributed by atoms with E-state index in [1.54, 1.807) is 0 Å². The predicted molar refractivity (Wildman–Crippen MR) is 21.9 cm³/mol. The second-order valence-electron chi connectivity index (χ2n) is 0.676. The summed E-state index contributed by atoms with van der Waals surface area (Å²) in [6, 6.07) is 0. The van der Waals surface area contributed by atoms with E-state index in [9.17, 15) is 4.79 Å². The summed E-state index contributed by atoms with van der Waals surface area (Å²) in [5.74, 6) is 0. The fourth-order valence-electron chi connectivity index (χ4n) is 0.0833. The Morgan fingerprint density at radius 1 is 2.20 bits per heavy atom. The molecule has 0 aromatic heterocycles. The van der Waals surface area contributed by atoms with Crippen molar-refractivity contribution in [2.45, 2.75) is 6.92 Å². The standard InChI is InChI=1S/C3H7NO.H2/c1-2-4-3-5;/h3H,2H2,1H3,(H,4,5);1H. The highest BCUT2D eigenvalue weighted by Crippen LogP contribution is 1.37. The lowest BCUT2D eigenvalue weighted by Gasteiger charge is -1.78.